The normalized spacial score (nSPS) is 20.7. The second-order valence-electron chi connectivity index (χ2n) is 4.69. The molecule has 1 atom stereocenters. The second-order valence-corrected chi connectivity index (χ2v) is 4.69. The van der Waals surface area contributed by atoms with Gasteiger partial charge < -0.3 is 9.47 Å². The summed E-state index contributed by atoms with van der Waals surface area (Å²) in [5, 5.41) is 0. The van der Waals surface area contributed by atoms with Gasteiger partial charge in [0.2, 0.25) is 0 Å². The Labute approximate surface area is 122 Å². The van der Waals surface area contributed by atoms with Gasteiger partial charge >= 0.3 is 11.9 Å². The molecule has 2 rings (SSSR count). The van der Waals surface area contributed by atoms with Crippen LogP contribution in [-0.4, -0.2) is 30.4 Å². The number of esters is 2. The van der Waals surface area contributed by atoms with Crippen LogP contribution in [0, 0.1) is 0 Å². The van der Waals surface area contributed by atoms with E-state index in [0.29, 0.717) is 12.0 Å². The molecule has 0 aliphatic carbocycles. The first-order valence-corrected chi connectivity index (χ1v) is 6.68. The third-order valence-corrected chi connectivity index (χ3v) is 3.32. The van der Waals surface area contributed by atoms with Crippen molar-refractivity contribution >= 4 is 23.3 Å². The maximum atomic E-state index is 12.5. The number of hydrogen-bond acceptors (Lipinski definition) is 5. The van der Waals surface area contributed by atoms with E-state index in [1.54, 1.807) is 30.3 Å². The maximum Gasteiger partial charge on any atom is 0.363 e. The molecule has 1 aromatic carbocycles. The molecule has 0 amide bonds. The zero-order valence-electron chi connectivity index (χ0n) is 11.9. The molecule has 0 N–H and O–H groups in total. The number of Topliss-reactive ketones (excluding diaryl/α,β-unsaturated/α-hetero) is 1. The molecule has 1 aromatic rings. The van der Waals surface area contributed by atoms with E-state index < -0.39 is 23.3 Å². The van der Waals surface area contributed by atoms with E-state index in [9.17, 15) is 14.4 Å². The van der Waals surface area contributed by atoms with Crippen molar-refractivity contribution in [2.45, 2.75) is 25.4 Å². The van der Waals surface area contributed by atoms with E-state index in [1.165, 1.54) is 6.08 Å². The quantitative estimate of drug-likeness (QED) is 0.611. The predicted octanol–water partition coefficient (Wildman–Crippen LogP) is 1.91. The second kappa shape index (κ2) is 5.91. The summed E-state index contributed by atoms with van der Waals surface area (Å²) in [7, 11) is 1.16. The molecule has 0 saturated carbocycles. The lowest BCUT2D eigenvalue weighted by Crippen LogP contribution is -2.49. The fourth-order valence-corrected chi connectivity index (χ4v) is 2.38. The minimum absolute atomic E-state index is 0.118. The van der Waals surface area contributed by atoms with Crippen molar-refractivity contribution < 1.29 is 23.9 Å². The third-order valence-electron chi connectivity index (χ3n) is 3.32. The Balaban J connectivity index is 2.58. The maximum absolute atomic E-state index is 12.5. The van der Waals surface area contributed by atoms with Crippen LogP contribution in [0.15, 0.2) is 36.4 Å². The van der Waals surface area contributed by atoms with Crippen molar-refractivity contribution in [3.8, 4) is 0 Å². The van der Waals surface area contributed by atoms with Crippen molar-refractivity contribution in [2.75, 3.05) is 7.11 Å². The van der Waals surface area contributed by atoms with Crippen molar-refractivity contribution in [1.82, 2.24) is 0 Å². The summed E-state index contributed by atoms with van der Waals surface area (Å²) in [6, 6.07) is 8.74. The highest BCUT2D eigenvalue weighted by Gasteiger charge is 2.56. The molecule has 0 radical (unpaired) electrons. The molecule has 0 saturated heterocycles. The van der Waals surface area contributed by atoms with Crippen molar-refractivity contribution in [2.24, 2.45) is 0 Å². The Hall–Kier alpha value is -2.43. The summed E-state index contributed by atoms with van der Waals surface area (Å²) in [6.07, 6.45) is 1.84. The molecular formula is C16H16O5. The Bertz CT molecular complexity index is 602. The minimum atomic E-state index is -1.98. The Morgan fingerprint density at radius 3 is 2.48 bits per heavy atom. The topological polar surface area (TPSA) is 69.7 Å². The van der Waals surface area contributed by atoms with Gasteiger partial charge in [0, 0.05) is 18.1 Å². The lowest BCUT2D eigenvalue weighted by Gasteiger charge is -2.26. The Morgan fingerprint density at radius 2 is 1.90 bits per heavy atom. The van der Waals surface area contributed by atoms with Crippen LogP contribution in [0.4, 0.5) is 0 Å². The number of benzene rings is 1. The molecule has 110 valence electrons. The summed E-state index contributed by atoms with van der Waals surface area (Å²) in [5.41, 5.74) is -1.17. The van der Waals surface area contributed by atoms with Crippen molar-refractivity contribution in [3.05, 3.63) is 42.0 Å². The first-order chi connectivity index (χ1) is 10.1. The van der Waals surface area contributed by atoms with Gasteiger partial charge in [0.05, 0.1) is 7.11 Å². The highest BCUT2D eigenvalue weighted by Crippen LogP contribution is 2.38. The molecule has 0 fully saturated rings. The van der Waals surface area contributed by atoms with Crippen LogP contribution in [-0.2, 0) is 23.9 Å². The predicted molar refractivity (Wildman–Crippen MR) is 75.2 cm³/mol. The van der Waals surface area contributed by atoms with Gasteiger partial charge in [-0.05, 0) is 12.0 Å². The molecule has 1 aliphatic rings. The summed E-state index contributed by atoms with van der Waals surface area (Å²) in [4.78, 5) is 36.4. The van der Waals surface area contributed by atoms with Crippen molar-refractivity contribution in [3.63, 3.8) is 0 Å². The fraction of sp³-hybridized carbons (Fsp3) is 0.312. The van der Waals surface area contributed by atoms with Crippen LogP contribution in [0.25, 0.3) is 5.57 Å². The molecule has 0 aromatic heterocycles. The average Bonchev–Trinajstić information content (AvgIpc) is 2.86. The van der Waals surface area contributed by atoms with Gasteiger partial charge in [-0.1, -0.05) is 37.3 Å². The molecule has 0 spiro atoms. The molecule has 1 aliphatic heterocycles. The Morgan fingerprint density at radius 1 is 1.24 bits per heavy atom. The molecular weight excluding hydrogens is 272 g/mol. The largest absolute Gasteiger partial charge is 0.465 e. The van der Waals surface area contributed by atoms with Gasteiger partial charge in [-0.25, -0.2) is 9.59 Å². The lowest BCUT2D eigenvalue weighted by atomic mass is 9.84. The van der Waals surface area contributed by atoms with Crippen molar-refractivity contribution in [1.29, 1.82) is 0 Å². The highest BCUT2D eigenvalue weighted by molar-refractivity contribution is 6.24. The molecule has 5 nitrogen and oxygen atoms in total. The first-order valence-electron chi connectivity index (χ1n) is 6.68. The number of rotatable bonds is 5. The summed E-state index contributed by atoms with van der Waals surface area (Å²) < 4.78 is 9.85. The van der Waals surface area contributed by atoms with Gasteiger partial charge in [0.25, 0.3) is 5.60 Å². The van der Waals surface area contributed by atoms with Gasteiger partial charge in [0.15, 0.2) is 5.78 Å². The number of methoxy groups -OCH3 is 1. The van der Waals surface area contributed by atoms with Gasteiger partial charge in [-0.3, -0.25) is 4.79 Å². The number of carbonyl (C=O) groups is 3. The average molecular weight is 288 g/mol. The van der Waals surface area contributed by atoms with Crippen LogP contribution >= 0.6 is 0 Å². The standard InChI is InChI=1S/C16H16O5/c1-3-7-13(17)16(15(19)20-2)12(10-14(18)21-16)11-8-5-4-6-9-11/h4-6,8-10H,3,7H2,1-2H3. The first kappa shape index (κ1) is 15.0. The van der Waals surface area contributed by atoms with Crippen LogP contribution in [0.5, 0.6) is 0 Å². The zero-order valence-corrected chi connectivity index (χ0v) is 11.9. The molecule has 21 heavy (non-hydrogen) atoms. The molecule has 1 heterocycles. The van der Waals surface area contributed by atoms with E-state index in [-0.39, 0.29) is 12.0 Å². The number of ketones is 1. The van der Waals surface area contributed by atoms with Gasteiger partial charge in [-0.15, -0.1) is 0 Å². The molecule has 5 heteroatoms. The van der Waals surface area contributed by atoms with Crippen LogP contribution in [0.2, 0.25) is 0 Å². The minimum Gasteiger partial charge on any atom is -0.465 e. The fourth-order valence-electron chi connectivity index (χ4n) is 2.38. The number of carbonyl (C=O) groups excluding carboxylic acids is 3. The molecule has 0 bridgehead atoms. The van der Waals surface area contributed by atoms with Crippen LogP contribution in [0.3, 0.4) is 0 Å². The highest BCUT2D eigenvalue weighted by atomic mass is 16.6. The van der Waals surface area contributed by atoms with E-state index >= 15 is 0 Å². The summed E-state index contributed by atoms with van der Waals surface area (Å²) >= 11 is 0. The smallest absolute Gasteiger partial charge is 0.363 e. The van der Waals surface area contributed by atoms with E-state index in [1.807, 2.05) is 6.92 Å². The number of ether oxygens (including phenoxy) is 2. The summed E-state index contributed by atoms with van der Waals surface area (Å²) in [6.45, 7) is 1.81. The molecule has 1 unspecified atom stereocenters. The number of hydrogen-bond donors (Lipinski definition) is 0. The van der Waals surface area contributed by atoms with Gasteiger partial charge in [-0.2, -0.15) is 0 Å². The third kappa shape index (κ3) is 2.46. The zero-order chi connectivity index (χ0) is 15.5. The van der Waals surface area contributed by atoms with Crippen LogP contribution < -0.4 is 0 Å². The van der Waals surface area contributed by atoms with E-state index in [0.717, 1.165) is 7.11 Å². The lowest BCUT2D eigenvalue weighted by molar-refractivity contribution is -0.172. The number of cyclic esters (lactones) is 1. The monoisotopic (exact) mass is 288 g/mol. The SMILES string of the molecule is CCCC(=O)C1(C(=O)OC)OC(=O)C=C1c1ccccc1. The van der Waals surface area contributed by atoms with E-state index in [2.05, 4.69) is 0 Å². The van der Waals surface area contributed by atoms with E-state index in [4.69, 9.17) is 9.47 Å². The van der Waals surface area contributed by atoms with Gasteiger partial charge in [0.1, 0.15) is 0 Å². The van der Waals surface area contributed by atoms with Crippen LogP contribution in [0.1, 0.15) is 25.3 Å². The Kier molecular flexibility index (Phi) is 4.21. The summed E-state index contributed by atoms with van der Waals surface area (Å²) in [5.74, 6) is -2.07.